The van der Waals surface area contributed by atoms with Crippen LogP contribution >= 0.6 is 0 Å². The molecule has 5 heterocycles. The van der Waals surface area contributed by atoms with Crippen molar-refractivity contribution in [3.05, 3.63) is 59.6 Å². The van der Waals surface area contributed by atoms with Gasteiger partial charge in [-0.1, -0.05) is 12.0 Å². The minimum Gasteiger partial charge on any atom is -0.508 e. The van der Waals surface area contributed by atoms with Gasteiger partial charge in [-0.05, 0) is 66.8 Å². The van der Waals surface area contributed by atoms with Crippen LogP contribution in [0, 0.1) is 29.4 Å². The van der Waals surface area contributed by atoms with Crippen LogP contribution in [0.4, 0.5) is 19.0 Å². The number of fused-ring (bicyclic) bond motifs is 6. The van der Waals surface area contributed by atoms with Gasteiger partial charge in [0, 0.05) is 79.8 Å². The number of aromatic hydroxyl groups is 1. The van der Waals surface area contributed by atoms with Crippen LogP contribution in [0.3, 0.4) is 0 Å². The Balaban J connectivity index is 1.23. The van der Waals surface area contributed by atoms with E-state index in [9.17, 15) is 9.50 Å². The van der Waals surface area contributed by atoms with Crippen LogP contribution in [0.25, 0.3) is 43.7 Å². The zero-order chi connectivity index (χ0) is 34.3. The van der Waals surface area contributed by atoms with Gasteiger partial charge in [-0.2, -0.15) is 15.1 Å². The third kappa shape index (κ3) is 5.14. The number of aryl methyl sites for hydroxylation is 1. The molecule has 5 aromatic rings. The largest absolute Gasteiger partial charge is 0.508 e. The van der Waals surface area contributed by atoms with Crippen molar-refractivity contribution >= 4 is 38.4 Å². The van der Waals surface area contributed by atoms with Gasteiger partial charge in [-0.15, -0.1) is 6.42 Å². The van der Waals surface area contributed by atoms with E-state index >= 15 is 8.78 Å². The van der Waals surface area contributed by atoms with Gasteiger partial charge in [0.15, 0.2) is 5.82 Å². The molecule has 50 heavy (non-hydrogen) atoms. The van der Waals surface area contributed by atoms with Crippen LogP contribution in [-0.2, 0) is 7.05 Å². The highest BCUT2D eigenvalue weighted by Crippen LogP contribution is 2.48. The molecule has 9 rings (SSSR count). The Labute approximate surface area is 286 Å². The van der Waals surface area contributed by atoms with Crippen molar-refractivity contribution in [2.24, 2.45) is 12.5 Å². The molecule has 0 amide bonds. The van der Waals surface area contributed by atoms with Crippen molar-refractivity contribution in [3.8, 4) is 35.2 Å². The molecular weight excluding hydrogens is 643 g/mol. The third-order valence-electron chi connectivity index (χ3n) is 11.0. The van der Waals surface area contributed by atoms with Crippen molar-refractivity contribution in [2.75, 3.05) is 44.2 Å². The molecule has 12 heteroatoms. The summed E-state index contributed by atoms with van der Waals surface area (Å²) in [6, 6.07) is 6.26. The molecule has 2 unspecified atom stereocenters. The summed E-state index contributed by atoms with van der Waals surface area (Å²) in [5.41, 5.74) is 1.29. The number of terminal acetylenes is 1. The average molecular weight is 680 g/mol. The fraction of sp³-hybridized carbons (Fsp3) is 0.395. The van der Waals surface area contributed by atoms with Gasteiger partial charge in [-0.25, -0.2) is 13.2 Å². The van der Waals surface area contributed by atoms with Gasteiger partial charge < -0.3 is 20.1 Å². The average Bonchev–Trinajstić information content (AvgIpc) is 3.35. The van der Waals surface area contributed by atoms with Crippen LogP contribution in [0.2, 0.25) is 0 Å². The van der Waals surface area contributed by atoms with Crippen LogP contribution < -0.4 is 15.0 Å². The summed E-state index contributed by atoms with van der Waals surface area (Å²) in [7, 11) is 1.76. The molecule has 2 bridgehead atoms. The number of ether oxygens (including phenoxy) is 1. The molecule has 4 aliphatic rings. The van der Waals surface area contributed by atoms with Crippen molar-refractivity contribution < 1.29 is 23.0 Å². The lowest BCUT2D eigenvalue weighted by atomic mass is 9.91. The maximum Gasteiger partial charge on any atom is 0.319 e. The Morgan fingerprint density at radius 3 is 2.64 bits per heavy atom. The van der Waals surface area contributed by atoms with Crippen LogP contribution in [-0.4, -0.2) is 81.2 Å². The van der Waals surface area contributed by atoms with E-state index in [2.05, 4.69) is 21.0 Å². The number of phenols is 1. The number of nitrogens with one attached hydrogen (secondary N) is 1. The molecule has 3 aliphatic heterocycles. The van der Waals surface area contributed by atoms with E-state index in [-0.39, 0.29) is 51.5 Å². The first-order valence-electron chi connectivity index (χ1n) is 17.2. The Morgan fingerprint density at radius 2 is 1.92 bits per heavy atom. The molecule has 2 N–H and O–H groups in total. The molecule has 1 saturated carbocycles. The number of hydrogen-bond donors (Lipinski definition) is 2. The number of likely N-dealkylation sites (tertiary alicyclic amines) is 1. The predicted octanol–water partition coefficient (Wildman–Crippen LogP) is 5.96. The van der Waals surface area contributed by atoms with Crippen molar-refractivity contribution in [3.63, 3.8) is 0 Å². The number of rotatable bonds is 7. The monoisotopic (exact) mass is 679 g/mol. The van der Waals surface area contributed by atoms with Crippen molar-refractivity contribution in [2.45, 2.75) is 44.2 Å². The second-order valence-electron chi connectivity index (χ2n) is 14.5. The van der Waals surface area contributed by atoms with Crippen LogP contribution in [0.5, 0.6) is 11.8 Å². The number of benzene rings is 3. The number of nitrogens with zero attached hydrogens (tertiary/aromatic N) is 6. The summed E-state index contributed by atoms with van der Waals surface area (Å²) >= 11 is 0. The second-order valence-corrected chi connectivity index (χ2v) is 14.5. The number of anilines is 1. The minimum absolute atomic E-state index is 0.0355. The molecule has 256 valence electrons. The van der Waals surface area contributed by atoms with Gasteiger partial charge in [0.05, 0.1) is 23.9 Å². The van der Waals surface area contributed by atoms with E-state index in [1.54, 1.807) is 11.7 Å². The molecule has 2 atom stereocenters. The molecule has 9 nitrogen and oxygen atoms in total. The van der Waals surface area contributed by atoms with Gasteiger partial charge in [0.25, 0.3) is 0 Å². The van der Waals surface area contributed by atoms with Gasteiger partial charge >= 0.3 is 6.01 Å². The lowest BCUT2D eigenvalue weighted by Crippen LogP contribution is -2.51. The first-order chi connectivity index (χ1) is 24.2. The zero-order valence-corrected chi connectivity index (χ0v) is 27.6. The van der Waals surface area contributed by atoms with Gasteiger partial charge in [0.2, 0.25) is 0 Å². The third-order valence-corrected chi connectivity index (χ3v) is 11.0. The maximum atomic E-state index is 17.5. The van der Waals surface area contributed by atoms with Crippen LogP contribution in [0.1, 0.15) is 37.7 Å². The topological polar surface area (TPSA) is 91.6 Å². The fourth-order valence-corrected chi connectivity index (χ4v) is 8.37. The Kier molecular flexibility index (Phi) is 7.23. The molecule has 4 fully saturated rings. The molecule has 0 radical (unpaired) electrons. The molecular formula is C38H36F3N7O2. The number of phenolic OH excluding ortho intramolecular Hbond substituents is 1. The zero-order valence-electron chi connectivity index (χ0n) is 27.6. The lowest BCUT2D eigenvalue weighted by Gasteiger charge is -2.34. The van der Waals surface area contributed by atoms with E-state index in [0.29, 0.717) is 65.5 Å². The lowest BCUT2D eigenvalue weighted by molar-refractivity contribution is 0.171. The quantitative estimate of drug-likeness (QED) is 0.204. The number of piperazine rings is 1. The standard InChI is InChI=1S/C38H36F3N7O2/c1-3-26-29(40)7-4-22-12-25(49)13-27(30(22)26)31-33(41)35-32(28-18-46(2)45-34(28)31)36(48-16-23-5-6-24(17-48)42-23)44-37(43-35)50-20-38(9-10-38)19-47-11-8-21(14-39)15-47/h1,4,7,12-14,18,23-24,42,49H,5-6,8-11,15-17,19-20H2,2H3/b21-14-. The second kappa shape index (κ2) is 11.6. The van der Waals surface area contributed by atoms with Crippen molar-refractivity contribution in [1.29, 1.82) is 0 Å². The summed E-state index contributed by atoms with van der Waals surface area (Å²) in [6.07, 6.45) is 13.1. The molecule has 1 aliphatic carbocycles. The minimum atomic E-state index is -0.694. The molecule has 0 spiro atoms. The molecule has 2 aromatic heterocycles. The number of halogens is 3. The summed E-state index contributed by atoms with van der Waals surface area (Å²) in [5.74, 6) is 1.56. The molecule has 3 aromatic carbocycles. The summed E-state index contributed by atoms with van der Waals surface area (Å²) in [5, 5.41) is 21.1. The van der Waals surface area contributed by atoms with Gasteiger partial charge in [-0.3, -0.25) is 9.58 Å². The van der Waals surface area contributed by atoms with Gasteiger partial charge in [0.1, 0.15) is 28.4 Å². The summed E-state index contributed by atoms with van der Waals surface area (Å²) in [6.45, 7) is 3.94. The first kappa shape index (κ1) is 31.1. The SMILES string of the molecule is C#Cc1c(F)ccc2cc(O)cc(-c3c(F)c4nc(OCC5(CN6CC/C(=C/F)C6)CC5)nc(N5CC6CCC(C5)N6)c4c4cn(C)nc34)c12. The van der Waals surface area contributed by atoms with E-state index in [1.807, 2.05) is 6.20 Å². The van der Waals surface area contributed by atoms with E-state index in [4.69, 9.17) is 26.2 Å². The first-order valence-corrected chi connectivity index (χ1v) is 17.2. The maximum absolute atomic E-state index is 17.5. The summed E-state index contributed by atoms with van der Waals surface area (Å²) < 4.78 is 53.8. The van der Waals surface area contributed by atoms with E-state index < -0.39 is 11.6 Å². The summed E-state index contributed by atoms with van der Waals surface area (Å²) in [4.78, 5) is 14.2. The smallest absolute Gasteiger partial charge is 0.319 e. The number of hydrogen-bond acceptors (Lipinski definition) is 8. The Morgan fingerprint density at radius 1 is 1.12 bits per heavy atom. The molecule has 3 saturated heterocycles. The van der Waals surface area contributed by atoms with Crippen LogP contribution in [0.15, 0.2) is 42.4 Å². The Hall–Kier alpha value is -4.86. The normalized spacial score (nSPS) is 22.3. The highest BCUT2D eigenvalue weighted by atomic mass is 19.1. The van der Waals surface area contributed by atoms with Crippen molar-refractivity contribution in [1.82, 2.24) is 30.0 Å². The fourth-order valence-electron chi connectivity index (χ4n) is 8.37. The highest BCUT2D eigenvalue weighted by molar-refractivity contribution is 6.18. The highest BCUT2D eigenvalue weighted by Gasteiger charge is 2.46. The van der Waals surface area contributed by atoms with E-state index in [0.717, 1.165) is 50.8 Å². The number of aromatic nitrogens is 4. The predicted molar refractivity (Wildman–Crippen MR) is 186 cm³/mol. The Bertz CT molecular complexity index is 2280. The van der Waals surface area contributed by atoms with E-state index in [1.165, 1.54) is 24.3 Å².